The van der Waals surface area contributed by atoms with Gasteiger partial charge in [0.1, 0.15) is 6.61 Å². The van der Waals surface area contributed by atoms with Crippen molar-refractivity contribution in [2.24, 2.45) is 5.92 Å². The topological polar surface area (TPSA) is 29.5 Å². The van der Waals surface area contributed by atoms with Gasteiger partial charge in [0.25, 0.3) is 0 Å². The minimum absolute atomic E-state index is 0.149. The summed E-state index contributed by atoms with van der Waals surface area (Å²) in [5.41, 5.74) is 0. The van der Waals surface area contributed by atoms with Crippen LogP contribution in [0.3, 0.4) is 0 Å². The van der Waals surface area contributed by atoms with Crippen LogP contribution < -0.4 is 0 Å². The van der Waals surface area contributed by atoms with Gasteiger partial charge in [-0.15, -0.1) is 0 Å². The summed E-state index contributed by atoms with van der Waals surface area (Å²) in [5.74, 6) is 0.978. The normalized spacial score (nSPS) is 20.7. The number of carbonyl (C=O) groups excluding carboxylic acids is 1. The molecule has 86 valence electrons. The Kier molecular flexibility index (Phi) is 3.29. The van der Waals surface area contributed by atoms with Crippen LogP contribution in [0.4, 0.5) is 0 Å². The fourth-order valence-electron chi connectivity index (χ4n) is 1.74. The van der Waals surface area contributed by atoms with E-state index in [1.807, 2.05) is 13.8 Å². The molecule has 0 unspecified atom stereocenters. The summed E-state index contributed by atoms with van der Waals surface area (Å²) in [4.78, 5) is 13.9. The van der Waals surface area contributed by atoms with Gasteiger partial charge in [-0.2, -0.15) is 0 Å². The van der Waals surface area contributed by atoms with Crippen molar-refractivity contribution in [1.82, 2.24) is 4.90 Å². The molecule has 3 heteroatoms. The molecule has 0 radical (unpaired) electrons. The molecular weight excluding hydrogens is 190 g/mol. The van der Waals surface area contributed by atoms with E-state index in [1.165, 1.54) is 25.7 Å². The van der Waals surface area contributed by atoms with E-state index in [4.69, 9.17) is 4.74 Å². The molecule has 0 aromatic heterocycles. The first-order chi connectivity index (χ1) is 7.16. The molecule has 2 aliphatic rings. The van der Waals surface area contributed by atoms with Crippen LogP contribution in [0.25, 0.3) is 0 Å². The Labute approximate surface area is 91.8 Å². The highest BCUT2D eigenvalue weighted by atomic mass is 16.5. The van der Waals surface area contributed by atoms with E-state index in [1.54, 1.807) is 0 Å². The third kappa shape index (κ3) is 3.49. The first kappa shape index (κ1) is 10.9. The number of carbonyl (C=O) groups is 1. The van der Waals surface area contributed by atoms with Crippen molar-refractivity contribution in [3.8, 4) is 0 Å². The van der Waals surface area contributed by atoms with Gasteiger partial charge in [-0.3, -0.25) is 4.79 Å². The summed E-state index contributed by atoms with van der Waals surface area (Å²) in [6, 6.07) is 0.536. The lowest BCUT2D eigenvalue weighted by Crippen LogP contribution is -2.38. The Morgan fingerprint density at radius 2 is 2.00 bits per heavy atom. The van der Waals surface area contributed by atoms with Gasteiger partial charge in [0.2, 0.25) is 5.91 Å². The molecule has 15 heavy (non-hydrogen) atoms. The van der Waals surface area contributed by atoms with Crippen LogP contribution in [0, 0.1) is 5.92 Å². The SMILES string of the molecule is CC(C)OCC(=O)N(CC1CC1)C1CC1. The predicted molar refractivity (Wildman–Crippen MR) is 58.5 cm³/mol. The lowest BCUT2D eigenvalue weighted by Gasteiger charge is -2.22. The molecule has 0 heterocycles. The van der Waals surface area contributed by atoms with Gasteiger partial charge in [-0.05, 0) is 45.4 Å². The molecule has 0 spiro atoms. The second-order valence-electron chi connectivity index (χ2n) is 5.08. The van der Waals surface area contributed by atoms with E-state index in [9.17, 15) is 4.79 Å². The lowest BCUT2D eigenvalue weighted by molar-refractivity contribution is -0.138. The average molecular weight is 211 g/mol. The number of ether oxygens (including phenoxy) is 1. The molecule has 2 fully saturated rings. The molecular formula is C12H21NO2. The van der Waals surface area contributed by atoms with Crippen LogP contribution in [-0.2, 0) is 9.53 Å². The fraction of sp³-hybridized carbons (Fsp3) is 0.917. The van der Waals surface area contributed by atoms with Gasteiger partial charge in [-0.1, -0.05) is 0 Å². The van der Waals surface area contributed by atoms with Crippen LogP contribution in [-0.4, -0.2) is 36.1 Å². The molecule has 0 aromatic carbocycles. The maximum Gasteiger partial charge on any atom is 0.248 e. The van der Waals surface area contributed by atoms with Crippen molar-refractivity contribution in [1.29, 1.82) is 0 Å². The summed E-state index contributed by atoms with van der Waals surface area (Å²) < 4.78 is 5.37. The number of amides is 1. The van der Waals surface area contributed by atoms with Crippen LogP contribution >= 0.6 is 0 Å². The molecule has 0 aliphatic heterocycles. The third-order valence-corrected chi connectivity index (χ3v) is 3.00. The van der Waals surface area contributed by atoms with Gasteiger partial charge in [0.05, 0.1) is 6.10 Å². The Morgan fingerprint density at radius 1 is 1.33 bits per heavy atom. The zero-order chi connectivity index (χ0) is 10.8. The van der Waals surface area contributed by atoms with E-state index in [2.05, 4.69) is 4.90 Å². The maximum absolute atomic E-state index is 11.9. The molecule has 2 aliphatic carbocycles. The highest BCUT2D eigenvalue weighted by molar-refractivity contribution is 5.78. The van der Waals surface area contributed by atoms with Gasteiger partial charge >= 0.3 is 0 Å². The molecule has 0 N–H and O–H groups in total. The maximum atomic E-state index is 11.9. The number of hydrogen-bond donors (Lipinski definition) is 0. The first-order valence-corrected chi connectivity index (χ1v) is 6.08. The molecule has 1 amide bonds. The third-order valence-electron chi connectivity index (χ3n) is 3.00. The van der Waals surface area contributed by atoms with Crippen molar-refractivity contribution >= 4 is 5.91 Å². The molecule has 0 saturated heterocycles. The van der Waals surface area contributed by atoms with Crippen molar-refractivity contribution < 1.29 is 9.53 Å². The number of rotatable bonds is 6. The monoisotopic (exact) mass is 211 g/mol. The Hall–Kier alpha value is -0.570. The standard InChI is InChI=1S/C12H21NO2/c1-9(2)15-8-12(14)13(11-5-6-11)7-10-3-4-10/h9-11H,3-8H2,1-2H3. The Bertz CT molecular complexity index is 232. The van der Waals surface area contributed by atoms with E-state index >= 15 is 0 Å². The quantitative estimate of drug-likeness (QED) is 0.670. The summed E-state index contributed by atoms with van der Waals surface area (Å²) >= 11 is 0. The highest BCUT2D eigenvalue weighted by Crippen LogP contribution is 2.34. The van der Waals surface area contributed by atoms with Crippen LogP contribution in [0.2, 0.25) is 0 Å². The molecule has 0 atom stereocenters. The molecule has 2 rings (SSSR count). The zero-order valence-corrected chi connectivity index (χ0v) is 9.74. The van der Waals surface area contributed by atoms with E-state index < -0.39 is 0 Å². The summed E-state index contributed by atoms with van der Waals surface area (Å²) in [5, 5.41) is 0. The summed E-state index contributed by atoms with van der Waals surface area (Å²) in [6.07, 6.45) is 5.15. The molecule has 0 aromatic rings. The van der Waals surface area contributed by atoms with Gasteiger partial charge < -0.3 is 9.64 Å². The van der Waals surface area contributed by atoms with Crippen molar-refractivity contribution in [2.45, 2.75) is 51.7 Å². The lowest BCUT2D eigenvalue weighted by atomic mass is 10.3. The van der Waals surface area contributed by atoms with Crippen LogP contribution in [0.15, 0.2) is 0 Å². The van der Waals surface area contributed by atoms with E-state index in [0.717, 1.165) is 12.5 Å². The second-order valence-corrected chi connectivity index (χ2v) is 5.08. The largest absolute Gasteiger partial charge is 0.369 e. The average Bonchev–Trinajstić information content (AvgIpc) is 3.00. The van der Waals surface area contributed by atoms with Gasteiger partial charge in [-0.25, -0.2) is 0 Å². The zero-order valence-electron chi connectivity index (χ0n) is 9.74. The smallest absolute Gasteiger partial charge is 0.248 e. The predicted octanol–water partition coefficient (Wildman–Crippen LogP) is 1.81. The van der Waals surface area contributed by atoms with Crippen LogP contribution in [0.5, 0.6) is 0 Å². The van der Waals surface area contributed by atoms with Crippen molar-refractivity contribution in [3.63, 3.8) is 0 Å². The van der Waals surface area contributed by atoms with Crippen LogP contribution in [0.1, 0.15) is 39.5 Å². The fourth-order valence-corrected chi connectivity index (χ4v) is 1.74. The molecule has 0 bridgehead atoms. The molecule has 2 saturated carbocycles. The first-order valence-electron chi connectivity index (χ1n) is 6.08. The summed E-state index contributed by atoms with van der Waals surface area (Å²) in [7, 11) is 0. The minimum Gasteiger partial charge on any atom is -0.369 e. The minimum atomic E-state index is 0.149. The second kappa shape index (κ2) is 4.52. The Balaban J connectivity index is 1.77. The van der Waals surface area contributed by atoms with Gasteiger partial charge in [0.15, 0.2) is 0 Å². The number of nitrogens with zero attached hydrogens (tertiary/aromatic N) is 1. The summed E-state index contributed by atoms with van der Waals surface area (Å²) in [6.45, 7) is 5.18. The molecule has 3 nitrogen and oxygen atoms in total. The van der Waals surface area contributed by atoms with E-state index in [-0.39, 0.29) is 18.6 Å². The number of hydrogen-bond acceptors (Lipinski definition) is 2. The van der Waals surface area contributed by atoms with E-state index in [0.29, 0.717) is 6.04 Å². The highest BCUT2D eigenvalue weighted by Gasteiger charge is 2.36. The van der Waals surface area contributed by atoms with Gasteiger partial charge in [0, 0.05) is 12.6 Å². The Morgan fingerprint density at radius 3 is 2.47 bits per heavy atom. The van der Waals surface area contributed by atoms with Crippen molar-refractivity contribution in [3.05, 3.63) is 0 Å². The van der Waals surface area contributed by atoms with Crippen molar-refractivity contribution in [2.75, 3.05) is 13.2 Å².